The van der Waals surface area contributed by atoms with Gasteiger partial charge in [-0.05, 0) is 68.9 Å². The Morgan fingerprint density at radius 2 is 1.97 bits per heavy atom. The molecule has 1 atom stereocenters. The van der Waals surface area contributed by atoms with E-state index in [-0.39, 0.29) is 5.91 Å². The molecule has 11 heteroatoms. The van der Waals surface area contributed by atoms with Crippen molar-refractivity contribution in [3.05, 3.63) is 84.6 Å². The number of amides is 1. The van der Waals surface area contributed by atoms with Gasteiger partial charge in [0.15, 0.2) is 5.65 Å². The Kier molecular flexibility index (Phi) is 6.78. The largest absolute Gasteiger partial charge is 0.456 e. The zero-order chi connectivity index (χ0) is 26.8. The Bertz CT molecular complexity index is 1700. The number of fused-ring (bicyclic) bond motifs is 2. The Hall–Kier alpha value is -4.54. The average molecular weight is 541 g/mol. The topological polar surface area (TPSA) is 110 Å². The number of nitrogens with one attached hydrogen (secondary N) is 2. The van der Waals surface area contributed by atoms with E-state index in [9.17, 15) is 4.79 Å². The summed E-state index contributed by atoms with van der Waals surface area (Å²) >= 11 is 6.54. The van der Waals surface area contributed by atoms with Crippen LogP contribution in [-0.2, 0) is 4.79 Å². The fourth-order valence-electron chi connectivity index (χ4n) is 4.58. The number of rotatable bonds is 7. The molecule has 2 N–H and O–H groups in total. The minimum absolute atomic E-state index is 0.174. The van der Waals surface area contributed by atoms with E-state index in [2.05, 4.69) is 42.6 Å². The summed E-state index contributed by atoms with van der Waals surface area (Å²) < 4.78 is 7.61. The van der Waals surface area contributed by atoms with Crippen LogP contribution in [0.15, 0.2) is 79.5 Å². The van der Waals surface area contributed by atoms with Crippen LogP contribution >= 0.6 is 11.6 Å². The number of hydrogen-bond donors (Lipinski definition) is 2. The first-order valence-corrected chi connectivity index (χ1v) is 12.9. The van der Waals surface area contributed by atoms with Crippen molar-refractivity contribution < 1.29 is 9.53 Å². The Labute approximate surface area is 229 Å². The fraction of sp³-hybridized carbons (Fsp3) is 0.179. The molecule has 0 saturated carbocycles. The number of aromatic nitrogens is 5. The summed E-state index contributed by atoms with van der Waals surface area (Å²) in [5, 5.41) is 11.5. The first-order valence-electron chi connectivity index (χ1n) is 12.5. The molecule has 0 spiro atoms. The van der Waals surface area contributed by atoms with E-state index in [4.69, 9.17) is 16.3 Å². The van der Waals surface area contributed by atoms with E-state index in [0.717, 1.165) is 36.0 Å². The van der Waals surface area contributed by atoms with Gasteiger partial charge < -0.3 is 15.4 Å². The van der Waals surface area contributed by atoms with Gasteiger partial charge in [-0.3, -0.25) is 9.69 Å². The number of anilines is 3. The molecule has 6 rings (SSSR count). The van der Waals surface area contributed by atoms with Crippen LogP contribution < -0.4 is 15.4 Å². The molecule has 1 saturated heterocycles. The average Bonchev–Trinajstić information content (AvgIpc) is 3.57. The maximum absolute atomic E-state index is 12.5. The number of hydrogen-bond acceptors (Lipinski definition) is 8. The van der Waals surface area contributed by atoms with Crippen LogP contribution in [0, 0.1) is 0 Å². The molecule has 10 nitrogen and oxygen atoms in total. The number of likely N-dealkylation sites (N-methyl/N-ethyl adjacent to an activating group) is 1. The third kappa shape index (κ3) is 5.52. The first kappa shape index (κ1) is 24.8. The van der Waals surface area contributed by atoms with Crippen LogP contribution in [0.25, 0.3) is 16.6 Å². The Morgan fingerprint density at radius 1 is 1.08 bits per heavy atom. The van der Waals surface area contributed by atoms with Crippen LogP contribution in [-0.4, -0.2) is 55.0 Å². The van der Waals surface area contributed by atoms with E-state index in [1.54, 1.807) is 41.1 Å². The van der Waals surface area contributed by atoms with Crippen molar-refractivity contribution >= 4 is 51.3 Å². The number of carbonyl (C=O) groups is 1. The molecule has 0 bridgehead atoms. The van der Waals surface area contributed by atoms with Crippen molar-refractivity contribution in [3.8, 4) is 11.5 Å². The second-order valence-corrected chi connectivity index (χ2v) is 9.70. The zero-order valence-corrected chi connectivity index (χ0v) is 21.8. The SMILES string of the molecule is CN1CCC[C@@H]1/C=C/C(=O)Nc1ccc2ncnc(Nc3ccc(Oc4ccn5ncnc5c4)c(Cl)c3)c2c1. The maximum atomic E-state index is 12.5. The summed E-state index contributed by atoms with van der Waals surface area (Å²) in [6.07, 6.45) is 10.5. The quantitative estimate of drug-likeness (QED) is 0.262. The molecular formula is C28H25ClN8O2. The van der Waals surface area contributed by atoms with E-state index in [1.807, 2.05) is 30.3 Å². The number of nitrogens with zero attached hydrogens (tertiary/aromatic N) is 6. The summed E-state index contributed by atoms with van der Waals surface area (Å²) in [6, 6.07) is 14.8. The Balaban J connectivity index is 1.18. The van der Waals surface area contributed by atoms with Crippen molar-refractivity contribution in [2.45, 2.75) is 18.9 Å². The summed E-state index contributed by atoms with van der Waals surface area (Å²) in [7, 11) is 2.07. The lowest BCUT2D eigenvalue weighted by Crippen LogP contribution is -2.23. The molecular weight excluding hydrogens is 516 g/mol. The molecule has 196 valence electrons. The lowest BCUT2D eigenvalue weighted by molar-refractivity contribution is -0.111. The summed E-state index contributed by atoms with van der Waals surface area (Å²) in [5.41, 5.74) is 2.79. The zero-order valence-electron chi connectivity index (χ0n) is 21.1. The van der Waals surface area contributed by atoms with Gasteiger partial charge in [0.05, 0.1) is 10.5 Å². The number of benzene rings is 2. The molecule has 5 aromatic rings. The second kappa shape index (κ2) is 10.7. The number of carbonyl (C=O) groups excluding carboxylic acids is 1. The van der Waals surface area contributed by atoms with Crippen molar-refractivity contribution in [1.29, 1.82) is 0 Å². The number of pyridine rings is 1. The highest BCUT2D eigenvalue weighted by Crippen LogP contribution is 2.34. The van der Waals surface area contributed by atoms with Gasteiger partial charge in [0.1, 0.15) is 30.0 Å². The van der Waals surface area contributed by atoms with E-state index < -0.39 is 0 Å². The van der Waals surface area contributed by atoms with Crippen LogP contribution in [0.5, 0.6) is 11.5 Å². The molecule has 0 aliphatic carbocycles. The molecule has 4 heterocycles. The van der Waals surface area contributed by atoms with Crippen LogP contribution in [0.1, 0.15) is 12.8 Å². The number of ether oxygens (including phenoxy) is 1. The molecule has 3 aromatic heterocycles. The minimum Gasteiger partial charge on any atom is -0.456 e. The molecule has 1 fully saturated rings. The molecule has 1 amide bonds. The predicted molar refractivity (Wildman–Crippen MR) is 151 cm³/mol. The van der Waals surface area contributed by atoms with Crippen molar-refractivity contribution in [2.75, 3.05) is 24.2 Å². The van der Waals surface area contributed by atoms with Crippen LogP contribution in [0.4, 0.5) is 17.2 Å². The molecule has 0 unspecified atom stereocenters. The molecule has 1 aliphatic heterocycles. The summed E-state index contributed by atoms with van der Waals surface area (Å²) in [5.74, 6) is 1.51. The molecule has 0 radical (unpaired) electrons. The Morgan fingerprint density at radius 3 is 2.82 bits per heavy atom. The maximum Gasteiger partial charge on any atom is 0.248 e. The standard InChI is InChI=1S/C28H25ClN8O2/c1-36-11-2-3-20(36)6-9-27(38)34-18-4-7-24-22(13-18)28(32-16-30-24)35-19-5-8-25(23(29)14-19)39-21-10-12-37-26(15-21)31-17-33-37/h4-10,12-17,20H,2-3,11H2,1H3,(H,34,38)(H,30,32,35)/b9-6+/t20-/m1/s1. The predicted octanol–water partition coefficient (Wildman–Crippen LogP) is 5.45. The third-order valence-electron chi connectivity index (χ3n) is 6.62. The normalized spacial score (nSPS) is 15.8. The molecule has 2 aromatic carbocycles. The number of halogens is 1. The van der Waals surface area contributed by atoms with Crippen molar-refractivity contribution in [1.82, 2.24) is 29.5 Å². The van der Waals surface area contributed by atoms with Gasteiger partial charge in [-0.15, -0.1) is 0 Å². The lowest BCUT2D eigenvalue weighted by Gasteiger charge is -2.14. The third-order valence-corrected chi connectivity index (χ3v) is 6.92. The fourth-order valence-corrected chi connectivity index (χ4v) is 4.80. The van der Waals surface area contributed by atoms with E-state index in [0.29, 0.717) is 39.7 Å². The van der Waals surface area contributed by atoms with E-state index >= 15 is 0 Å². The highest BCUT2D eigenvalue weighted by atomic mass is 35.5. The van der Waals surface area contributed by atoms with Crippen LogP contribution in [0.3, 0.4) is 0 Å². The monoisotopic (exact) mass is 540 g/mol. The molecule has 39 heavy (non-hydrogen) atoms. The van der Waals surface area contributed by atoms with Gasteiger partial charge in [-0.2, -0.15) is 5.10 Å². The van der Waals surface area contributed by atoms with Gasteiger partial charge in [0.2, 0.25) is 5.91 Å². The van der Waals surface area contributed by atoms with Gasteiger partial charge in [0, 0.05) is 41.1 Å². The highest BCUT2D eigenvalue weighted by molar-refractivity contribution is 6.32. The summed E-state index contributed by atoms with van der Waals surface area (Å²) in [4.78, 5) is 27.7. The van der Waals surface area contributed by atoms with Gasteiger partial charge >= 0.3 is 0 Å². The van der Waals surface area contributed by atoms with E-state index in [1.165, 1.54) is 12.7 Å². The number of likely N-dealkylation sites (tertiary alicyclic amines) is 1. The highest BCUT2D eigenvalue weighted by Gasteiger charge is 2.18. The lowest BCUT2D eigenvalue weighted by atomic mass is 10.2. The van der Waals surface area contributed by atoms with Gasteiger partial charge in [-0.1, -0.05) is 17.7 Å². The summed E-state index contributed by atoms with van der Waals surface area (Å²) in [6.45, 7) is 1.05. The van der Waals surface area contributed by atoms with Crippen LogP contribution in [0.2, 0.25) is 5.02 Å². The molecule has 1 aliphatic rings. The van der Waals surface area contributed by atoms with Crippen molar-refractivity contribution in [2.24, 2.45) is 0 Å². The second-order valence-electron chi connectivity index (χ2n) is 9.29. The van der Waals surface area contributed by atoms with Crippen molar-refractivity contribution in [3.63, 3.8) is 0 Å². The van der Waals surface area contributed by atoms with Gasteiger partial charge in [-0.25, -0.2) is 19.5 Å². The van der Waals surface area contributed by atoms with Gasteiger partial charge in [0.25, 0.3) is 0 Å². The first-order chi connectivity index (χ1) is 19.0. The minimum atomic E-state index is -0.174. The smallest absolute Gasteiger partial charge is 0.248 e.